The van der Waals surface area contributed by atoms with Gasteiger partial charge in [-0.05, 0) is 70.8 Å². The molecule has 2 N–H and O–H groups in total. The van der Waals surface area contributed by atoms with Crippen molar-refractivity contribution >= 4 is 40.4 Å². The number of nitrogens with zero attached hydrogens (tertiary/aromatic N) is 2. The van der Waals surface area contributed by atoms with Gasteiger partial charge in [-0.3, -0.25) is 4.79 Å². The normalized spacial score (nSPS) is 23.6. The maximum absolute atomic E-state index is 16.4. The smallest absolute Gasteiger partial charge is 0.151 e. The molecule has 6 aromatic rings. The number of aliphatic hydroxyl groups is 2. The zero-order chi connectivity index (χ0) is 37.2. The first-order valence-electron chi connectivity index (χ1n) is 18.6. The van der Waals surface area contributed by atoms with Crippen LogP contribution >= 0.6 is 23.2 Å². The Hall–Kier alpha value is -4.91. The Labute approximate surface area is 327 Å². The second kappa shape index (κ2) is 15.8. The topological polar surface area (TPSA) is 64.0 Å². The van der Waals surface area contributed by atoms with Crippen molar-refractivity contribution in [1.82, 2.24) is 0 Å². The minimum Gasteiger partial charge on any atom is -0.374 e. The summed E-state index contributed by atoms with van der Waals surface area (Å²) in [6.07, 6.45) is -0.830. The van der Waals surface area contributed by atoms with Crippen molar-refractivity contribution in [2.75, 3.05) is 9.80 Å². The van der Waals surface area contributed by atoms with E-state index in [9.17, 15) is 10.2 Å². The maximum atomic E-state index is 16.4. The molecule has 0 aromatic heterocycles. The fourth-order valence-electron chi connectivity index (χ4n) is 9.09. The van der Waals surface area contributed by atoms with Crippen LogP contribution in [0.25, 0.3) is 0 Å². The molecule has 54 heavy (non-hydrogen) atoms. The zero-order valence-electron chi connectivity index (χ0n) is 29.7. The van der Waals surface area contributed by atoms with Gasteiger partial charge in [0.15, 0.2) is 5.78 Å². The maximum Gasteiger partial charge on any atom is 0.151 e. The van der Waals surface area contributed by atoms with Gasteiger partial charge < -0.3 is 20.0 Å². The molecule has 5 nitrogen and oxygen atoms in total. The van der Waals surface area contributed by atoms with Crippen molar-refractivity contribution in [2.24, 2.45) is 0 Å². The third-order valence-electron chi connectivity index (χ3n) is 11.4. The third kappa shape index (κ3) is 7.05. The molecule has 2 unspecified atom stereocenters. The monoisotopic (exact) mass is 752 g/mol. The first-order valence-corrected chi connectivity index (χ1v) is 19.3. The zero-order valence-corrected chi connectivity index (χ0v) is 31.2. The SMILES string of the molecule is O=C(C(c1ccccc1)[C@H]1[C@H](c2ccccc2)C[C@@H](O)N1c1ccc(Cl)cc1)C(c1ccccc1)[C@H]1[C@H](c2ccccc2)C[C@@H](O)N1c1ccc(Cl)cc1. The minimum absolute atomic E-state index is 0.0189. The highest BCUT2D eigenvalue weighted by atomic mass is 35.5. The summed E-state index contributed by atoms with van der Waals surface area (Å²) in [5.74, 6) is -1.72. The summed E-state index contributed by atoms with van der Waals surface area (Å²) in [6.45, 7) is 0. The summed E-state index contributed by atoms with van der Waals surface area (Å²) in [5, 5.41) is 25.2. The number of halogens is 2. The van der Waals surface area contributed by atoms with Gasteiger partial charge in [0.25, 0.3) is 0 Å². The van der Waals surface area contributed by atoms with Crippen LogP contribution in [0.5, 0.6) is 0 Å². The molecule has 8 rings (SSSR count). The number of hydrogen-bond acceptors (Lipinski definition) is 5. The van der Waals surface area contributed by atoms with Gasteiger partial charge in [-0.25, -0.2) is 0 Å². The minimum atomic E-state index is -0.855. The van der Waals surface area contributed by atoms with Gasteiger partial charge in [0.05, 0.1) is 23.9 Å². The third-order valence-corrected chi connectivity index (χ3v) is 11.9. The fraction of sp³-hybridized carbons (Fsp3) is 0.213. The molecule has 6 aromatic carbocycles. The summed E-state index contributed by atoms with van der Waals surface area (Å²) >= 11 is 12.8. The van der Waals surface area contributed by atoms with Crippen LogP contribution in [0.3, 0.4) is 0 Å². The van der Waals surface area contributed by atoms with Gasteiger partial charge in [-0.1, -0.05) is 145 Å². The van der Waals surface area contributed by atoms with E-state index in [1.807, 2.05) is 155 Å². The summed E-state index contributed by atoms with van der Waals surface area (Å²) in [6, 6.07) is 54.5. The van der Waals surface area contributed by atoms with E-state index in [1.54, 1.807) is 0 Å². The molecule has 0 aliphatic carbocycles. The lowest BCUT2D eigenvalue weighted by molar-refractivity contribution is -0.123. The highest BCUT2D eigenvalue weighted by molar-refractivity contribution is 6.30. The predicted octanol–water partition coefficient (Wildman–Crippen LogP) is 10.2. The molecule has 0 saturated carbocycles. The largest absolute Gasteiger partial charge is 0.374 e. The van der Waals surface area contributed by atoms with Crippen LogP contribution in [0, 0.1) is 0 Å². The lowest BCUT2D eigenvalue weighted by Crippen LogP contribution is -2.49. The van der Waals surface area contributed by atoms with Crippen molar-refractivity contribution in [1.29, 1.82) is 0 Å². The van der Waals surface area contributed by atoms with Crippen molar-refractivity contribution in [3.8, 4) is 0 Å². The highest BCUT2D eigenvalue weighted by Gasteiger charge is 2.54. The Morgan fingerprint density at radius 3 is 1.13 bits per heavy atom. The summed E-state index contributed by atoms with van der Waals surface area (Å²) in [7, 11) is 0. The molecule has 8 atom stereocenters. The van der Waals surface area contributed by atoms with Crippen molar-refractivity contribution in [3.05, 3.63) is 202 Å². The molecule has 7 heteroatoms. The van der Waals surface area contributed by atoms with Gasteiger partial charge in [0, 0.05) is 46.1 Å². The molecule has 2 fully saturated rings. The molecule has 2 heterocycles. The summed E-state index contributed by atoms with van der Waals surface area (Å²) in [5.41, 5.74) is 5.45. The lowest BCUT2D eigenvalue weighted by Gasteiger charge is -2.42. The lowest BCUT2D eigenvalue weighted by atomic mass is 9.70. The molecule has 2 aliphatic heterocycles. The van der Waals surface area contributed by atoms with Crippen LogP contribution in [0.15, 0.2) is 170 Å². The Bertz CT molecular complexity index is 1980. The number of benzene rings is 6. The molecule has 0 amide bonds. The number of aliphatic hydroxyl groups excluding tert-OH is 2. The quantitative estimate of drug-likeness (QED) is 0.146. The molecular weight excluding hydrogens is 711 g/mol. The van der Waals surface area contributed by atoms with Crippen molar-refractivity contribution in [2.45, 2.75) is 61.1 Å². The number of carbonyl (C=O) groups excluding carboxylic acids is 1. The molecule has 0 bridgehead atoms. The van der Waals surface area contributed by atoms with Gasteiger partial charge in [0.1, 0.15) is 12.5 Å². The Kier molecular flexibility index (Phi) is 10.6. The van der Waals surface area contributed by atoms with Crippen LogP contribution in [0.4, 0.5) is 11.4 Å². The summed E-state index contributed by atoms with van der Waals surface area (Å²) in [4.78, 5) is 20.4. The molecule has 272 valence electrons. The van der Waals surface area contributed by atoms with E-state index in [1.165, 1.54) is 0 Å². The Morgan fingerprint density at radius 1 is 0.481 bits per heavy atom. The second-order valence-electron chi connectivity index (χ2n) is 14.4. The first kappa shape index (κ1) is 36.1. The number of anilines is 2. The van der Waals surface area contributed by atoms with Gasteiger partial charge in [0.2, 0.25) is 0 Å². The van der Waals surface area contributed by atoms with Gasteiger partial charge >= 0.3 is 0 Å². The van der Waals surface area contributed by atoms with Crippen molar-refractivity contribution < 1.29 is 15.0 Å². The van der Waals surface area contributed by atoms with E-state index in [4.69, 9.17) is 23.2 Å². The van der Waals surface area contributed by atoms with E-state index < -0.39 is 36.4 Å². The predicted molar refractivity (Wildman–Crippen MR) is 218 cm³/mol. The Morgan fingerprint density at radius 2 is 0.796 bits per heavy atom. The molecule has 2 saturated heterocycles. The van der Waals surface area contributed by atoms with E-state index >= 15 is 4.79 Å². The Balaban J connectivity index is 1.35. The second-order valence-corrected chi connectivity index (χ2v) is 15.3. The van der Waals surface area contributed by atoms with Crippen LogP contribution in [0.1, 0.15) is 58.8 Å². The number of ketones is 1. The van der Waals surface area contributed by atoms with Crippen LogP contribution in [0.2, 0.25) is 10.0 Å². The standard InChI is InChI=1S/C47H42Cl2N2O3/c48-35-21-25-37(26-22-35)50-41(52)29-39(31-13-5-1-6-14-31)45(50)43(33-17-9-3-10-18-33)47(54)44(34-19-11-4-12-20-34)46-40(32-15-7-2-8-16-32)30-42(53)51(46)38-27-23-36(49)24-28-38/h1-28,39-46,52-53H,29-30H2/t39-,40-,41+,42+,43?,44?,45+,46+/m0/s1. The first-order chi connectivity index (χ1) is 26.4. The number of Topliss-reactive ketones (excluding diaryl/α,β-unsaturated/α-hetero) is 1. The van der Waals surface area contributed by atoms with Crippen LogP contribution < -0.4 is 9.80 Å². The number of carbonyl (C=O) groups is 1. The van der Waals surface area contributed by atoms with E-state index in [0.717, 1.165) is 33.6 Å². The highest BCUT2D eigenvalue weighted by Crippen LogP contribution is 2.51. The molecule has 2 aliphatic rings. The van der Waals surface area contributed by atoms with Crippen LogP contribution in [-0.4, -0.2) is 40.5 Å². The molecular formula is C47H42Cl2N2O3. The number of rotatable bonds is 10. The average Bonchev–Trinajstić information content (AvgIpc) is 3.73. The van der Waals surface area contributed by atoms with Crippen LogP contribution in [-0.2, 0) is 4.79 Å². The van der Waals surface area contributed by atoms with E-state index in [-0.39, 0.29) is 17.6 Å². The molecule has 0 radical (unpaired) electrons. The number of hydrogen-bond donors (Lipinski definition) is 2. The van der Waals surface area contributed by atoms with Gasteiger partial charge in [-0.2, -0.15) is 0 Å². The van der Waals surface area contributed by atoms with Crippen molar-refractivity contribution in [3.63, 3.8) is 0 Å². The van der Waals surface area contributed by atoms with E-state index in [2.05, 4.69) is 24.3 Å². The van der Waals surface area contributed by atoms with Gasteiger partial charge in [-0.15, -0.1) is 0 Å². The van der Waals surface area contributed by atoms with E-state index in [0.29, 0.717) is 22.9 Å². The average molecular weight is 754 g/mol. The molecule has 0 spiro atoms. The summed E-state index contributed by atoms with van der Waals surface area (Å²) < 4.78 is 0. The fourth-order valence-corrected chi connectivity index (χ4v) is 9.34.